The van der Waals surface area contributed by atoms with Crippen LogP contribution in [0.15, 0.2) is 47.1 Å². The fraction of sp³-hybridized carbons (Fsp3) is 0.261. The van der Waals surface area contributed by atoms with Gasteiger partial charge in [-0.05, 0) is 36.8 Å². The van der Waals surface area contributed by atoms with E-state index in [0.29, 0.717) is 12.4 Å². The fourth-order valence-electron chi connectivity index (χ4n) is 3.43. The average molecular weight is 403 g/mol. The van der Waals surface area contributed by atoms with Gasteiger partial charge in [-0.3, -0.25) is 4.68 Å². The first-order chi connectivity index (χ1) is 14.7. The molecule has 7 nitrogen and oxygen atoms in total. The standard InChI is InChI=1S/C23H25N5O2/c1-4-8-18-21-22(28(2)27-18)23(24-15-16-9-5-6-11-19(16)29-3)26-20(25-21)13-12-17-10-7-14-30-17/h5-7,9-14H,4,8,15H2,1-3H3,(H,24,25,26)/b13-12+. The molecule has 7 heteroatoms. The molecule has 154 valence electrons. The summed E-state index contributed by atoms with van der Waals surface area (Å²) in [5, 5.41) is 8.15. The van der Waals surface area contributed by atoms with Crippen LogP contribution in [0.5, 0.6) is 5.75 Å². The summed E-state index contributed by atoms with van der Waals surface area (Å²) >= 11 is 0. The Bertz CT molecular complexity index is 1160. The molecule has 1 N–H and O–H groups in total. The van der Waals surface area contributed by atoms with Gasteiger partial charge < -0.3 is 14.5 Å². The Morgan fingerprint density at radius 1 is 1.13 bits per heavy atom. The largest absolute Gasteiger partial charge is 0.496 e. The van der Waals surface area contributed by atoms with Crippen molar-refractivity contribution in [1.29, 1.82) is 0 Å². The van der Waals surface area contributed by atoms with E-state index < -0.39 is 0 Å². The van der Waals surface area contributed by atoms with E-state index in [9.17, 15) is 0 Å². The molecule has 0 aliphatic heterocycles. The molecule has 0 spiro atoms. The summed E-state index contributed by atoms with van der Waals surface area (Å²) in [5.41, 5.74) is 3.79. The molecule has 30 heavy (non-hydrogen) atoms. The maximum Gasteiger partial charge on any atom is 0.156 e. The number of rotatable bonds is 8. The minimum absolute atomic E-state index is 0.575. The third-order valence-electron chi connectivity index (χ3n) is 4.83. The number of aryl methyl sites for hydroxylation is 2. The zero-order valence-electron chi connectivity index (χ0n) is 17.4. The van der Waals surface area contributed by atoms with Crippen LogP contribution in [0.3, 0.4) is 0 Å². The van der Waals surface area contributed by atoms with Crippen LogP contribution in [0.1, 0.15) is 36.2 Å². The van der Waals surface area contributed by atoms with Gasteiger partial charge in [-0.1, -0.05) is 31.5 Å². The minimum atomic E-state index is 0.575. The first-order valence-electron chi connectivity index (χ1n) is 10.0. The molecule has 4 rings (SSSR count). The molecule has 0 bridgehead atoms. The van der Waals surface area contributed by atoms with Crippen LogP contribution < -0.4 is 10.1 Å². The van der Waals surface area contributed by atoms with Gasteiger partial charge in [0.05, 0.1) is 19.1 Å². The van der Waals surface area contributed by atoms with E-state index in [1.54, 1.807) is 13.4 Å². The monoisotopic (exact) mass is 403 g/mol. The Morgan fingerprint density at radius 3 is 2.77 bits per heavy atom. The molecule has 4 aromatic rings. The van der Waals surface area contributed by atoms with Crippen molar-refractivity contribution < 1.29 is 9.15 Å². The molecule has 0 amide bonds. The number of fused-ring (bicyclic) bond motifs is 1. The van der Waals surface area contributed by atoms with Crippen molar-refractivity contribution in [2.75, 3.05) is 12.4 Å². The number of ether oxygens (including phenoxy) is 1. The number of anilines is 1. The summed E-state index contributed by atoms with van der Waals surface area (Å²) in [7, 11) is 3.61. The molecule has 0 saturated heterocycles. The average Bonchev–Trinajstić information content (AvgIpc) is 3.39. The zero-order chi connectivity index (χ0) is 20.9. The number of benzene rings is 1. The summed E-state index contributed by atoms with van der Waals surface area (Å²) in [6.45, 7) is 2.71. The minimum Gasteiger partial charge on any atom is -0.496 e. The lowest BCUT2D eigenvalue weighted by Crippen LogP contribution is -2.07. The van der Waals surface area contributed by atoms with Gasteiger partial charge in [0.2, 0.25) is 0 Å². The molecule has 0 aliphatic rings. The number of furan rings is 1. The van der Waals surface area contributed by atoms with E-state index >= 15 is 0 Å². The molecular formula is C23H25N5O2. The predicted molar refractivity (Wildman–Crippen MR) is 118 cm³/mol. The number of hydrogen-bond acceptors (Lipinski definition) is 6. The Morgan fingerprint density at radius 2 is 2.00 bits per heavy atom. The van der Waals surface area contributed by atoms with E-state index in [0.717, 1.165) is 52.5 Å². The fourth-order valence-corrected chi connectivity index (χ4v) is 3.43. The first-order valence-corrected chi connectivity index (χ1v) is 10.0. The van der Waals surface area contributed by atoms with Gasteiger partial charge in [0.1, 0.15) is 22.5 Å². The number of aromatic nitrogens is 4. The van der Waals surface area contributed by atoms with Crippen molar-refractivity contribution in [2.24, 2.45) is 7.05 Å². The lowest BCUT2D eigenvalue weighted by atomic mass is 10.2. The molecular weight excluding hydrogens is 378 g/mol. The van der Waals surface area contributed by atoms with E-state index in [2.05, 4.69) is 17.3 Å². The van der Waals surface area contributed by atoms with Gasteiger partial charge in [-0.25, -0.2) is 9.97 Å². The maximum absolute atomic E-state index is 5.47. The molecule has 0 aliphatic carbocycles. The van der Waals surface area contributed by atoms with Crippen molar-refractivity contribution in [2.45, 2.75) is 26.3 Å². The van der Waals surface area contributed by atoms with Gasteiger partial charge in [-0.15, -0.1) is 0 Å². The highest BCUT2D eigenvalue weighted by atomic mass is 16.5. The normalized spacial score (nSPS) is 11.4. The van der Waals surface area contributed by atoms with Crippen LogP contribution in [0, 0.1) is 0 Å². The second-order valence-electron chi connectivity index (χ2n) is 6.96. The van der Waals surface area contributed by atoms with E-state index in [1.165, 1.54) is 0 Å². The van der Waals surface area contributed by atoms with Crippen LogP contribution in [-0.4, -0.2) is 26.9 Å². The number of nitrogens with zero attached hydrogens (tertiary/aromatic N) is 4. The Balaban J connectivity index is 1.74. The lowest BCUT2D eigenvalue weighted by Gasteiger charge is -2.11. The first kappa shape index (κ1) is 19.7. The van der Waals surface area contributed by atoms with Crippen molar-refractivity contribution in [3.63, 3.8) is 0 Å². The van der Waals surface area contributed by atoms with Crippen LogP contribution in [0.2, 0.25) is 0 Å². The van der Waals surface area contributed by atoms with Gasteiger partial charge in [0.15, 0.2) is 11.6 Å². The van der Waals surface area contributed by atoms with Crippen LogP contribution >= 0.6 is 0 Å². The Kier molecular flexibility index (Phi) is 5.79. The van der Waals surface area contributed by atoms with Crippen molar-refractivity contribution >= 4 is 29.0 Å². The van der Waals surface area contributed by atoms with E-state index in [-0.39, 0.29) is 0 Å². The van der Waals surface area contributed by atoms with Crippen LogP contribution in [0.25, 0.3) is 23.2 Å². The highest BCUT2D eigenvalue weighted by Gasteiger charge is 2.16. The molecule has 0 atom stereocenters. The highest BCUT2D eigenvalue weighted by molar-refractivity contribution is 5.88. The van der Waals surface area contributed by atoms with E-state index in [4.69, 9.17) is 19.1 Å². The molecule has 0 radical (unpaired) electrons. The summed E-state index contributed by atoms with van der Waals surface area (Å²) in [4.78, 5) is 9.53. The van der Waals surface area contributed by atoms with E-state index in [1.807, 2.05) is 60.3 Å². The molecule has 0 fully saturated rings. The lowest BCUT2D eigenvalue weighted by molar-refractivity contribution is 0.410. The molecule has 1 aromatic carbocycles. The Labute approximate surface area is 175 Å². The van der Waals surface area contributed by atoms with Crippen LogP contribution in [0.4, 0.5) is 5.82 Å². The van der Waals surface area contributed by atoms with Crippen molar-refractivity contribution in [3.05, 3.63) is 65.5 Å². The predicted octanol–water partition coefficient (Wildman–Crippen LogP) is 4.70. The van der Waals surface area contributed by atoms with Gasteiger partial charge in [0.25, 0.3) is 0 Å². The second kappa shape index (κ2) is 8.82. The van der Waals surface area contributed by atoms with Gasteiger partial charge in [0, 0.05) is 19.2 Å². The zero-order valence-corrected chi connectivity index (χ0v) is 17.4. The molecule has 3 aromatic heterocycles. The number of para-hydroxylation sites is 1. The van der Waals surface area contributed by atoms with Crippen molar-refractivity contribution in [1.82, 2.24) is 19.7 Å². The number of hydrogen-bond donors (Lipinski definition) is 1. The smallest absolute Gasteiger partial charge is 0.156 e. The number of methoxy groups -OCH3 is 1. The topological polar surface area (TPSA) is 78.0 Å². The van der Waals surface area contributed by atoms with Gasteiger partial charge >= 0.3 is 0 Å². The van der Waals surface area contributed by atoms with Crippen LogP contribution in [-0.2, 0) is 20.0 Å². The summed E-state index contributed by atoms with van der Waals surface area (Å²) in [6, 6.07) is 11.7. The quantitative estimate of drug-likeness (QED) is 0.459. The van der Waals surface area contributed by atoms with Crippen molar-refractivity contribution in [3.8, 4) is 5.75 Å². The Hall–Kier alpha value is -3.61. The third-order valence-corrected chi connectivity index (χ3v) is 4.83. The summed E-state index contributed by atoms with van der Waals surface area (Å²) in [6.07, 6.45) is 7.22. The molecule has 0 unspecified atom stereocenters. The summed E-state index contributed by atoms with van der Waals surface area (Å²) < 4.78 is 12.7. The number of nitrogens with one attached hydrogen (secondary N) is 1. The molecule has 0 saturated carbocycles. The molecule has 3 heterocycles. The second-order valence-corrected chi connectivity index (χ2v) is 6.96. The van der Waals surface area contributed by atoms with Gasteiger partial charge in [-0.2, -0.15) is 5.10 Å². The third kappa shape index (κ3) is 4.05. The SMILES string of the molecule is CCCc1nn(C)c2c(NCc3ccccc3OC)nc(/C=C/c3ccco3)nc12. The summed E-state index contributed by atoms with van der Waals surface area (Å²) in [5.74, 6) is 2.93. The maximum atomic E-state index is 5.47. The highest BCUT2D eigenvalue weighted by Crippen LogP contribution is 2.26.